The molecular formula is C17H18N2O3S. The molecule has 0 aliphatic rings. The maximum Gasteiger partial charge on any atom is 0.211 e. The molecule has 1 N–H and O–H groups in total. The highest BCUT2D eigenvalue weighted by Crippen LogP contribution is 2.14. The van der Waals surface area contributed by atoms with Crippen molar-refractivity contribution in [3.05, 3.63) is 66.1 Å². The largest absolute Gasteiger partial charge is 0.443 e. The Balaban J connectivity index is 1.50. The second-order valence-corrected chi connectivity index (χ2v) is 7.28. The van der Waals surface area contributed by atoms with Gasteiger partial charge in [0, 0.05) is 6.54 Å². The molecule has 0 aliphatic carbocycles. The SMILES string of the molecule is O=S(=O)(CCc1ccccc1)NCCc1ccc2ocnc2c1. The lowest BCUT2D eigenvalue weighted by molar-refractivity contribution is 0.581. The maximum atomic E-state index is 12.0. The molecule has 3 aromatic rings. The average molecular weight is 330 g/mol. The van der Waals surface area contributed by atoms with Crippen LogP contribution in [0.15, 0.2) is 59.3 Å². The van der Waals surface area contributed by atoms with E-state index in [-0.39, 0.29) is 5.75 Å². The zero-order chi connectivity index (χ0) is 16.1. The fraction of sp³-hybridized carbons (Fsp3) is 0.235. The highest BCUT2D eigenvalue weighted by atomic mass is 32.2. The van der Waals surface area contributed by atoms with Crippen LogP contribution in [-0.4, -0.2) is 25.7 Å². The minimum absolute atomic E-state index is 0.0966. The lowest BCUT2D eigenvalue weighted by Gasteiger charge is -2.07. The van der Waals surface area contributed by atoms with Gasteiger partial charge >= 0.3 is 0 Å². The van der Waals surface area contributed by atoms with Crippen LogP contribution in [0.3, 0.4) is 0 Å². The minimum atomic E-state index is -3.27. The Labute approximate surface area is 135 Å². The number of aryl methyl sites for hydroxylation is 1. The average Bonchev–Trinajstić information content (AvgIpc) is 3.02. The zero-order valence-electron chi connectivity index (χ0n) is 12.6. The van der Waals surface area contributed by atoms with Crippen LogP contribution in [0, 0.1) is 0 Å². The van der Waals surface area contributed by atoms with Crippen LogP contribution < -0.4 is 4.72 Å². The molecule has 0 fully saturated rings. The fourth-order valence-corrected chi connectivity index (χ4v) is 3.44. The molecule has 2 aromatic carbocycles. The Bertz CT molecular complexity index is 873. The lowest BCUT2D eigenvalue weighted by Crippen LogP contribution is -2.29. The number of nitrogens with zero attached hydrogens (tertiary/aromatic N) is 1. The minimum Gasteiger partial charge on any atom is -0.443 e. The van der Waals surface area contributed by atoms with Crippen molar-refractivity contribution in [1.29, 1.82) is 0 Å². The van der Waals surface area contributed by atoms with Crippen LogP contribution in [-0.2, 0) is 22.9 Å². The number of fused-ring (bicyclic) bond motifs is 1. The third-order valence-corrected chi connectivity index (χ3v) is 5.02. The summed E-state index contributed by atoms with van der Waals surface area (Å²) in [7, 11) is -3.27. The predicted octanol–water partition coefficient (Wildman–Crippen LogP) is 2.53. The molecule has 1 aromatic heterocycles. The quantitative estimate of drug-likeness (QED) is 0.722. The summed E-state index contributed by atoms with van der Waals surface area (Å²) in [6.45, 7) is 0.375. The van der Waals surface area contributed by atoms with Crippen molar-refractivity contribution in [3.63, 3.8) is 0 Å². The molecule has 0 radical (unpaired) electrons. The predicted molar refractivity (Wildman–Crippen MR) is 89.6 cm³/mol. The molecule has 0 unspecified atom stereocenters. The molecule has 0 atom stereocenters. The summed E-state index contributed by atoms with van der Waals surface area (Å²) < 4.78 is 31.9. The number of sulfonamides is 1. The van der Waals surface area contributed by atoms with Gasteiger partial charge in [-0.3, -0.25) is 0 Å². The van der Waals surface area contributed by atoms with Crippen LogP contribution in [0.2, 0.25) is 0 Å². The van der Waals surface area contributed by atoms with Crippen molar-refractivity contribution in [2.45, 2.75) is 12.8 Å². The van der Waals surface area contributed by atoms with Crippen molar-refractivity contribution >= 4 is 21.1 Å². The summed E-state index contributed by atoms with van der Waals surface area (Å²) in [5.41, 5.74) is 3.57. The molecule has 6 heteroatoms. The third-order valence-electron chi connectivity index (χ3n) is 3.63. The second-order valence-electron chi connectivity index (χ2n) is 5.35. The fourth-order valence-electron chi connectivity index (χ4n) is 2.38. The molecule has 1 heterocycles. The Morgan fingerprint density at radius 2 is 1.83 bits per heavy atom. The van der Waals surface area contributed by atoms with E-state index in [1.807, 2.05) is 48.5 Å². The van der Waals surface area contributed by atoms with Gasteiger partial charge < -0.3 is 4.42 Å². The standard InChI is InChI=1S/C17H18N2O3S/c20-23(21,11-9-14-4-2-1-3-5-14)19-10-8-15-6-7-17-16(12-15)18-13-22-17/h1-7,12-13,19H,8-11H2. The zero-order valence-corrected chi connectivity index (χ0v) is 13.4. The first-order valence-electron chi connectivity index (χ1n) is 7.46. The number of rotatable bonds is 7. The van der Waals surface area contributed by atoms with E-state index in [1.165, 1.54) is 6.39 Å². The number of oxazole rings is 1. The van der Waals surface area contributed by atoms with Crippen LogP contribution in [0.25, 0.3) is 11.1 Å². The van der Waals surface area contributed by atoms with Gasteiger partial charge in [0.05, 0.1) is 5.75 Å². The Morgan fingerprint density at radius 1 is 1.00 bits per heavy atom. The summed E-state index contributed by atoms with van der Waals surface area (Å²) in [5.74, 6) is 0.0966. The summed E-state index contributed by atoms with van der Waals surface area (Å²) in [4.78, 5) is 4.09. The van der Waals surface area contributed by atoms with Gasteiger partial charge in [0.2, 0.25) is 10.0 Å². The molecule has 23 heavy (non-hydrogen) atoms. The van der Waals surface area contributed by atoms with Crippen LogP contribution in [0.1, 0.15) is 11.1 Å². The normalized spacial score (nSPS) is 11.8. The molecule has 0 bridgehead atoms. The topological polar surface area (TPSA) is 72.2 Å². The van der Waals surface area contributed by atoms with Gasteiger partial charge in [-0.05, 0) is 36.1 Å². The van der Waals surface area contributed by atoms with E-state index in [0.717, 1.165) is 22.2 Å². The smallest absolute Gasteiger partial charge is 0.211 e. The van der Waals surface area contributed by atoms with Gasteiger partial charge in [-0.2, -0.15) is 0 Å². The Kier molecular flexibility index (Phi) is 4.73. The molecule has 0 amide bonds. The monoisotopic (exact) mass is 330 g/mol. The summed E-state index contributed by atoms with van der Waals surface area (Å²) in [5, 5.41) is 0. The van der Waals surface area contributed by atoms with E-state index in [4.69, 9.17) is 4.42 Å². The molecule has 120 valence electrons. The Hall–Kier alpha value is -2.18. The maximum absolute atomic E-state index is 12.0. The van der Waals surface area contributed by atoms with Crippen molar-refractivity contribution < 1.29 is 12.8 Å². The molecule has 3 rings (SSSR count). The lowest BCUT2D eigenvalue weighted by atomic mass is 10.1. The van der Waals surface area contributed by atoms with Crippen molar-refractivity contribution in [2.75, 3.05) is 12.3 Å². The number of benzene rings is 2. The second kappa shape index (κ2) is 6.93. The van der Waals surface area contributed by atoms with Crippen LogP contribution in [0.5, 0.6) is 0 Å². The molecular weight excluding hydrogens is 312 g/mol. The number of hydrogen-bond acceptors (Lipinski definition) is 4. The highest BCUT2D eigenvalue weighted by Gasteiger charge is 2.10. The van der Waals surface area contributed by atoms with Crippen molar-refractivity contribution in [2.24, 2.45) is 0 Å². The van der Waals surface area contributed by atoms with E-state index in [0.29, 0.717) is 19.4 Å². The van der Waals surface area contributed by atoms with Crippen LogP contribution >= 0.6 is 0 Å². The van der Waals surface area contributed by atoms with Gasteiger partial charge in [0.25, 0.3) is 0 Å². The third kappa shape index (κ3) is 4.40. The van der Waals surface area contributed by atoms with E-state index >= 15 is 0 Å². The molecule has 0 spiro atoms. The Morgan fingerprint density at radius 3 is 2.65 bits per heavy atom. The molecule has 5 nitrogen and oxygen atoms in total. The summed E-state index contributed by atoms with van der Waals surface area (Å²) in [6.07, 6.45) is 2.54. The van der Waals surface area contributed by atoms with E-state index in [9.17, 15) is 8.42 Å². The van der Waals surface area contributed by atoms with E-state index in [2.05, 4.69) is 9.71 Å². The summed E-state index contributed by atoms with van der Waals surface area (Å²) >= 11 is 0. The van der Waals surface area contributed by atoms with E-state index < -0.39 is 10.0 Å². The van der Waals surface area contributed by atoms with Gasteiger partial charge in [-0.1, -0.05) is 36.4 Å². The molecule has 0 saturated heterocycles. The number of hydrogen-bond donors (Lipinski definition) is 1. The molecule has 0 saturated carbocycles. The number of nitrogens with one attached hydrogen (secondary N) is 1. The van der Waals surface area contributed by atoms with Crippen molar-refractivity contribution in [1.82, 2.24) is 9.71 Å². The molecule has 0 aliphatic heterocycles. The van der Waals surface area contributed by atoms with Gasteiger partial charge in [0.1, 0.15) is 5.52 Å². The van der Waals surface area contributed by atoms with E-state index in [1.54, 1.807) is 0 Å². The van der Waals surface area contributed by atoms with Gasteiger partial charge in [-0.25, -0.2) is 18.1 Å². The van der Waals surface area contributed by atoms with Gasteiger partial charge in [-0.15, -0.1) is 0 Å². The first-order valence-corrected chi connectivity index (χ1v) is 9.11. The number of aromatic nitrogens is 1. The van der Waals surface area contributed by atoms with Crippen molar-refractivity contribution in [3.8, 4) is 0 Å². The van der Waals surface area contributed by atoms with Crippen LogP contribution in [0.4, 0.5) is 0 Å². The first kappa shape index (κ1) is 15.7. The van der Waals surface area contributed by atoms with Gasteiger partial charge in [0.15, 0.2) is 12.0 Å². The highest BCUT2D eigenvalue weighted by molar-refractivity contribution is 7.89. The first-order chi connectivity index (χ1) is 11.1. The summed E-state index contributed by atoms with van der Waals surface area (Å²) in [6, 6.07) is 15.3.